The van der Waals surface area contributed by atoms with E-state index in [1.807, 2.05) is 6.07 Å². The van der Waals surface area contributed by atoms with Gasteiger partial charge in [0.15, 0.2) is 0 Å². The van der Waals surface area contributed by atoms with Gasteiger partial charge in [0.25, 0.3) is 0 Å². The lowest BCUT2D eigenvalue weighted by molar-refractivity contribution is 0.737. The molecule has 0 atom stereocenters. The largest absolute Gasteiger partial charge is 0.370 e. The first-order valence-electron chi connectivity index (χ1n) is 6.26. The Hall–Kier alpha value is -1.36. The average molecular weight is 237 g/mol. The number of hydrazine groups is 1. The van der Waals surface area contributed by atoms with Crippen LogP contribution >= 0.6 is 0 Å². The molecule has 0 unspecified atom stereocenters. The van der Waals surface area contributed by atoms with E-state index in [1.54, 1.807) is 0 Å². The number of unbranched alkanes of at least 4 members (excludes halogenated alkanes) is 2. The predicted octanol–water partition coefficient (Wildman–Crippen LogP) is 2.49. The van der Waals surface area contributed by atoms with Gasteiger partial charge in [-0.1, -0.05) is 33.6 Å². The normalized spacial score (nSPS) is 10.6. The zero-order chi connectivity index (χ0) is 12.7. The van der Waals surface area contributed by atoms with E-state index in [-0.39, 0.29) is 0 Å². The van der Waals surface area contributed by atoms with Crippen molar-refractivity contribution in [3.63, 3.8) is 0 Å². The van der Waals surface area contributed by atoms with Gasteiger partial charge >= 0.3 is 0 Å². The minimum atomic E-state index is 0.291. The van der Waals surface area contributed by atoms with E-state index in [0.717, 1.165) is 24.6 Å². The number of nitrogen functional groups attached to an aromatic ring is 1. The van der Waals surface area contributed by atoms with Crippen LogP contribution in [0.3, 0.4) is 0 Å². The summed E-state index contributed by atoms with van der Waals surface area (Å²) in [6.07, 6.45) is 3.61. The predicted molar refractivity (Wildman–Crippen MR) is 71.9 cm³/mol. The molecule has 0 aliphatic carbocycles. The van der Waals surface area contributed by atoms with E-state index >= 15 is 0 Å². The number of hydrogen-bond acceptors (Lipinski definition) is 5. The molecule has 96 valence electrons. The van der Waals surface area contributed by atoms with Crippen molar-refractivity contribution in [1.82, 2.24) is 9.97 Å². The zero-order valence-corrected chi connectivity index (χ0v) is 11.0. The van der Waals surface area contributed by atoms with Crippen molar-refractivity contribution in [2.75, 3.05) is 17.3 Å². The number of anilines is 2. The van der Waals surface area contributed by atoms with Gasteiger partial charge in [-0.25, -0.2) is 15.8 Å². The van der Waals surface area contributed by atoms with Gasteiger partial charge in [0, 0.05) is 18.5 Å². The number of nitrogens with two attached hydrogens (primary N) is 1. The van der Waals surface area contributed by atoms with Crippen LogP contribution in [-0.4, -0.2) is 16.5 Å². The Labute approximate surface area is 103 Å². The number of rotatable bonds is 7. The molecule has 1 rings (SSSR count). The number of hydrogen-bond donors (Lipinski definition) is 3. The van der Waals surface area contributed by atoms with Crippen LogP contribution in [0.1, 0.15) is 51.8 Å². The lowest BCUT2D eigenvalue weighted by Gasteiger charge is -2.11. The quantitative estimate of drug-likeness (QED) is 0.386. The highest BCUT2D eigenvalue weighted by Crippen LogP contribution is 2.16. The molecule has 0 aliphatic rings. The van der Waals surface area contributed by atoms with Gasteiger partial charge in [0.2, 0.25) is 0 Å². The molecule has 0 aliphatic heterocycles. The van der Waals surface area contributed by atoms with Crippen LogP contribution in [0.15, 0.2) is 6.07 Å². The van der Waals surface area contributed by atoms with Gasteiger partial charge in [-0.3, -0.25) is 0 Å². The lowest BCUT2D eigenvalue weighted by atomic mass is 10.2. The van der Waals surface area contributed by atoms with E-state index < -0.39 is 0 Å². The summed E-state index contributed by atoms with van der Waals surface area (Å²) in [4.78, 5) is 8.77. The fourth-order valence-electron chi connectivity index (χ4n) is 1.48. The Morgan fingerprint density at radius 1 is 1.24 bits per heavy atom. The highest BCUT2D eigenvalue weighted by Gasteiger charge is 2.07. The van der Waals surface area contributed by atoms with Crippen LogP contribution in [0, 0.1) is 0 Å². The van der Waals surface area contributed by atoms with E-state index in [0.29, 0.717) is 11.7 Å². The highest BCUT2D eigenvalue weighted by atomic mass is 15.3. The summed E-state index contributed by atoms with van der Waals surface area (Å²) < 4.78 is 0. The topological polar surface area (TPSA) is 75.9 Å². The zero-order valence-electron chi connectivity index (χ0n) is 11.0. The first kappa shape index (κ1) is 13.7. The van der Waals surface area contributed by atoms with Crippen molar-refractivity contribution in [2.24, 2.45) is 5.84 Å². The Bertz CT molecular complexity index is 338. The van der Waals surface area contributed by atoms with Gasteiger partial charge in [0.05, 0.1) is 0 Å². The molecular weight excluding hydrogens is 214 g/mol. The Balaban J connectivity index is 2.66. The van der Waals surface area contributed by atoms with Crippen molar-refractivity contribution in [1.29, 1.82) is 0 Å². The first-order chi connectivity index (χ1) is 8.17. The van der Waals surface area contributed by atoms with E-state index in [9.17, 15) is 0 Å². The fourth-order valence-corrected chi connectivity index (χ4v) is 1.48. The minimum absolute atomic E-state index is 0.291. The molecule has 1 heterocycles. The minimum Gasteiger partial charge on any atom is -0.370 e. The summed E-state index contributed by atoms with van der Waals surface area (Å²) in [5.41, 5.74) is 2.57. The molecule has 5 nitrogen and oxygen atoms in total. The molecule has 0 bridgehead atoms. The molecule has 0 saturated carbocycles. The highest BCUT2D eigenvalue weighted by molar-refractivity contribution is 5.47. The molecule has 0 radical (unpaired) electrons. The van der Waals surface area contributed by atoms with Crippen molar-refractivity contribution < 1.29 is 0 Å². The fraction of sp³-hybridized carbons (Fsp3) is 0.667. The van der Waals surface area contributed by atoms with Crippen LogP contribution < -0.4 is 16.6 Å². The molecule has 1 aromatic rings. The van der Waals surface area contributed by atoms with Crippen LogP contribution in [-0.2, 0) is 0 Å². The summed E-state index contributed by atoms with van der Waals surface area (Å²) in [6.45, 7) is 7.26. The van der Waals surface area contributed by atoms with E-state index in [1.165, 1.54) is 12.8 Å². The third kappa shape index (κ3) is 4.56. The maximum Gasteiger partial charge on any atom is 0.145 e. The van der Waals surface area contributed by atoms with Crippen LogP contribution in [0.4, 0.5) is 11.6 Å². The van der Waals surface area contributed by atoms with Gasteiger partial charge in [0.1, 0.15) is 17.5 Å². The summed E-state index contributed by atoms with van der Waals surface area (Å²) >= 11 is 0. The number of aromatic nitrogens is 2. The molecule has 0 fully saturated rings. The molecule has 0 aromatic carbocycles. The molecule has 0 amide bonds. The molecule has 17 heavy (non-hydrogen) atoms. The lowest BCUT2D eigenvalue weighted by Crippen LogP contribution is -2.13. The summed E-state index contributed by atoms with van der Waals surface area (Å²) in [6, 6.07) is 1.83. The van der Waals surface area contributed by atoms with Gasteiger partial charge in [-0.05, 0) is 6.42 Å². The Kier molecular flexibility index (Phi) is 5.69. The third-order valence-electron chi connectivity index (χ3n) is 2.49. The van der Waals surface area contributed by atoms with Gasteiger partial charge < -0.3 is 10.7 Å². The number of nitrogens with one attached hydrogen (secondary N) is 2. The second-order valence-corrected chi connectivity index (χ2v) is 4.43. The van der Waals surface area contributed by atoms with Crippen LogP contribution in [0.5, 0.6) is 0 Å². The average Bonchev–Trinajstić information content (AvgIpc) is 2.34. The molecule has 0 spiro atoms. The molecule has 4 N–H and O–H groups in total. The van der Waals surface area contributed by atoms with Gasteiger partial charge in [-0.15, -0.1) is 0 Å². The summed E-state index contributed by atoms with van der Waals surface area (Å²) in [5.74, 6) is 7.99. The van der Waals surface area contributed by atoms with Gasteiger partial charge in [-0.2, -0.15) is 0 Å². The maximum absolute atomic E-state index is 5.40. The molecule has 0 saturated heterocycles. The van der Waals surface area contributed by atoms with E-state index in [4.69, 9.17) is 5.84 Å². The van der Waals surface area contributed by atoms with E-state index in [2.05, 4.69) is 41.5 Å². The third-order valence-corrected chi connectivity index (χ3v) is 2.49. The molecule has 5 heteroatoms. The number of nitrogens with zero attached hydrogens (tertiary/aromatic N) is 2. The summed E-state index contributed by atoms with van der Waals surface area (Å²) in [5, 5.41) is 3.30. The molecule has 1 aromatic heterocycles. The Morgan fingerprint density at radius 3 is 2.53 bits per heavy atom. The van der Waals surface area contributed by atoms with Crippen LogP contribution in [0.25, 0.3) is 0 Å². The monoisotopic (exact) mass is 237 g/mol. The second kappa shape index (κ2) is 7.06. The smallest absolute Gasteiger partial charge is 0.145 e. The first-order valence-corrected chi connectivity index (χ1v) is 6.26. The van der Waals surface area contributed by atoms with Crippen molar-refractivity contribution in [3.8, 4) is 0 Å². The van der Waals surface area contributed by atoms with Crippen molar-refractivity contribution in [3.05, 3.63) is 11.9 Å². The maximum atomic E-state index is 5.40. The SMILES string of the molecule is CCCCCNc1cc(NN)nc(C(C)C)n1. The van der Waals surface area contributed by atoms with Crippen LogP contribution in [0.2, 0.25) is 0 Å². The standard InChI is InChI=1S/C12H23N5/c1-4-5-6-7-14-10-8-11(17-13)16-12(15-10)9(2)3/h8-9H,4-7,13H2,1-3H3,(H2,14,15,16,17). The second-order valence-electron chi connectivity index (χ2n) is 4.43. The summed E-state index contributed by atoms with van der Waals surface area (Å²) in [7, 11) is 0. The van der Waals surface area contributed by atoms with Crippen molar-refractivity contribution in [2.45, 2.75) is 46.0 Å². The Morgan fingerprint density at radius 2 is 1.94 bits per heavy atom. The van der Waals surface area contributed by atoms with Crippen molar-refractivity contribution >= 4 is 11.6 Å². The molecular formula is C12H23N5.